The topological polar surface area (TPSA) is 72.9 Å². The Kier molecular flexibility index (Phi) is 7.13. The fourth-order valence-corrected chi connectivity index (χ4v) is 5.28. The summed E-state index contributed by atoms with van der Waals surface area (Å²) < 4.78 is 0. The van der Waals surface area contributed by atoms with Crippen molar-refractivity contribution in [2.24, 2.45) is 5.92 Å². The van der Waals surface area contributed by atoms with Crippen LogP contribution in [-0.2, 0) is 17.6 Å². The molecule has 6 nitrogen and oxygen atoms in total. The Morgan fingerprint density at radius 1 is 1.21 bits per heavy atom. The van der Waals surface area contributed by atoms with Gasteiger partial charge in [-0.2, -0.15) is 0 Å². The number of phenols is 1. The van der Waals surface area contributed by atoms with Crippen molar-refractivity contribution in [2.75, 3.05) is 25.0 Å². The molecule has 33 heavy (non-hydrogen) atoms. The lowest BCUT2D eigenvalue weighted by molar-refractivity contribution is -0.133. The van der Waals surface area contributed by atoms with E-state index in [0.29, 0.717) is 31.1 Å². The van der Waals surface area contributed by atoms with Crippen LogP contribution in [0.25, 0.3) is 0 Å². The van der Waals surface area contributed by atoms with E-state index in [2.05, 4.69) is 18.3 Å². The van der Waals surface area contributed by atoms with Gasteiger partial charge < -0.3 is 20.2 Å². The number of likely N-dealkylation sites (tertiary alicyclic amines) is 1. The average molecular weight is 470 g/mol. The van der Waals surface area contributed by atoms with Crippen molar-refractivity contribution >= 4 is 29.2 Å². The standard InChI is InChI=1S/C26H32ClN3O3/c1-17(13-19-15-18(2)25(32)22(27)16-19)14-24(31)29-10-8-21(9-11-29)30-12-7-20-5-3-4-6-23(20)28-26(30)33/h3-6,15-17,21,32H,7-14H2,1-2H3,(H,28,33)/t17-/m0/s1. The molecule has 1 fully saturated rings. The number of nitrogens with zero attached hydrogens (tertiary/aromatic N) is 2. The molecule has 2 aromatic carbocycles. The van der Waals surface area contributed by atoms with Crippen molar-refractivity contribution in [3.8, 4) is 5.75 Å². The molecule has 0 aromatic heterocycles. The first-order chi connectivity index (χ1) is 15.8. The van der Waals surface area contributed by atoms with Gasteiger partial charge in [0.25, 0.3) is 0 Å². The molecule has 7 heteroatoms. The van der Waals surface area contributed by atoms with Crippen LogP contribution in [0, 0.1) is 12.8 Å². The predicted octanol–water partition coefficient (Wildman–Crippen LogP) is 5.00. The highest BCUT2D eigenvalue weighted by atomic mass is 35.5. The summed E-state index contributed by atoms with van der Waals surface area (Å²) in [5.74, 6) is 0.453. The number of para-hydroxylation sites is 1. The molecule has 0 radical (unpaired) electrons. The zero-order chi connectivity index (χ0) is 23.5. The number of carbonyl (C=O) groups is 2. The van der Waals surface area contributed by atoms with E-state index in [1.807, 2.05) is 41.0 Å². The van der Waals surface area contributed by atoms with E-state index in [0.717, 1.165) is 42.5 Å². The SMILES string of the molecule is Cc1cc(C[C@H](C)CC(=O)N2CCC(N3CCc4ccccc4NC3=O)CC2)cc(Cl)c1O. The largest absolute Gasteiger partial charge is 0.506 e. The van der Waals surface area contributed by atoms with Gasteiger partial charge in [-0.05, 0) is 67.3 Å². The number of fused-ring (bicyclic) bond motifs is 1. The number of piperidine rings is 1. The summed E-state index contributed by atoms with van der Waals surface area (Å²) in [7, 11) is 0. The highest BCUT2D eigenvalue weighted by Crippen LogP contribution is 2.30. The fraction of sp³-hybridized carbons (Fsp3) is 0.462. The monoisotopic (exact) mass is 469 g/mol. The number of carbonyl (C=O) groups excluding carboxylic acids is 2. The van der Waals surface area contributed by atoms with E-state index in [1.54, 1.807) is 6.07 Å². The molecular formula is C26H32ClN3O3. The number of urea groups is 1. The minimum Gasteiger partial charge on any atom is -0.506 e. The first kappa shape index (κ1) is 23.4. The van der Waals surface area contributed by atoms with Crippen LogP contribution in [0.1, 0.15) is 42.9 Å². The number of nitrogens with one attached hydrogen (secondary N) is 1. The molecule has 2 aliphatic rings. The second-order valence-corrected chi connectivity index (χ2v) is 9.81. The number of phenolic OH excluding ortho intramolecular Hbond substituents is 1. The van der Waals surface area contributed by atoms with Crippen molar-refractivity contribution < 1.29 is 14.7 Å². The smallest absolute Gasteiger partial charge is 0.322 e. The molecule has 0 spiro atoms. The maximum atomic E-state index is 12.9. The van der Waals surface area contributed by atoms with Crippen molar-refractivity contribution in [3.05, 3.63) is 58.1 Å². The van der Waals surface area contributed by atoms with E-state index in [1.165, 1.54) is 5.56 Å². The molecule has 2 aromatic rings. The summed E-state index contributed by atoms with van der Waals surface area (Å²) in [6, 6.07) is 11.8. The number of halogens is 1. The summed E-state index contributed by atoms with van der Waals surface area (Å²) in [4.78, 5) is 29.6. The number of hydrogen-bond acceptors (Lipinski definition) is 3. The summed E-state index contributed by atoms with van der Waals surface area (Å²) in [6.45, 7) is 5.95. The van der Waals surface area contributed by atoms with E-state index in [4.69, 9.17) is 11.6 Å². The minimum atomic E-state index is -0.0406. The lowest BCUT2D eigenvalue weighted by Gasteiger charge is -2.38. The van der Waals surface area contributed by atoms with Crippen LogP contribution >= 0.6 is 11.6 Å². The number of aryl methyl sites for hydroxylation is 1. The van der Waals surface area contributed by atoms with Crippen molar-refractivity contribution in [1.82, 2.24) is 9.80 Å². The number of anilines is 1. The molecule has 176 valence electrons. The van der Waals surface area contributed by atoms with Gasteiger partial charge in [0.15, 0.2) is 0 Å². The van der Waals surface area contributed by atoms with E-state index >= 15 is 0 Å². The number of hydrogen-bond donors (Lipinski definition) is 2. The lowest BCUT2D eigenvalue weighted by atomic mass is 9.95. The Labute approximate surface area is 200 Å². The van der Waals surface area contributed by atoms with Gasteiger partial charge in [-0.3, -0.25) is 4.79 Å². The second kappa shape index (κ2) is 10.0. The second-order valence-electron chi connectivity index (χ2n) is 9.40. The summed E-state index contributed by atoms with van der Waals surface area (Å²) in [5.41, 5.74) is 3.85. The van der Waals surface area contributed by atoms with Gasteiger partial charge >= 0.3 is 6.03 Å². The third kappa shape index (κ3) is 5.44. The number of benzene rings is 2. The average Bonchev–Trinajstić information content (AvgIpc) is 2.95. The number of amides is 3. The molecule has 1 atom stereocenters. The van der Waals surface area contributed by atoms with E-state index in [9.17, 15) is 14.7 Å². The Bertz CT molecular complexity index is 1010. The highest BCUT2D eigenvalue weighted by Gasteiger charge is 2.31. The van der Waals surface area contributed by atoms with Gasteiger partial charge in [-0.25, -0.2) is 4.79 Å². The quantitative estimate of drug-likeness (QED) is 0.646. The summed E-state index contributed by atoms with van der Waals surface area (Å²) in [6.07, 6.45) is 3.65. The van der Waals surface area contributed by atoms with E-state index < -0.39 is 0 Å². The van der Waals surface area contributed by atoms with Gasteiger partial charge in [0, 0.05) is 37.8 Å². The molecular weight excluding hydrogens is 438 g/mol. The van der Waals surface area contributed by atoms with Crippen molar-refractivity contribution in [2.45, 2.75) is 52.0 Å². The van der Waals surface area contributed by atoms with Gasteiger partial charge in [-0.1, -0.05) is 42.8 Å². The molecule has 0 saturated carbocycles. The zero-order valence-corrected chi connectivity index (χ0v) is 20.1. The number of aromatic hydroxyl groups is 1. The Morgan fingerprint density at radius 2 is 1.94 bits per heavy atom. The Hall–Kier alpha value is -2.73. The summed E-state index contributed by atoms with van der Waals surface area (Å²) >= 11 is 6.10. The molecule has 0 aliphatic carbocycles. The molecule has 0 bridgehead atoms. The first-order valence-electron chi connectivity index (χ1n) is 11.7. The maximum absolute atomic E-state index is 12.9. The summed E-state index contributed by atoms with van der Waals surface area (Å²) in [5, 5.41) is 13.3. The third-order valence-corrected chi connectivity index (χ3v) is 7.11. The normalized spacial score (nSPS) is 17.8. The van der Waals surface area contributed by atoms with E-state index in [-0.39, 0.29) is 29.6 Å². The molecule has 4 rings (SSSR count). The predicted molar refractivity (Wildman–Crippen MR) is 131 cm³/mol. The lowest BCUT2D eigenvalue weighted by Crippen LogP contribution is -2.50. The Morgan fingerprint density at radius 3 is 2.67 bits per heavy atom. The number of rotatable bonds is 5. The Balaban J connectivity index is 1.28. The van der Waals surface area contributed by atoms with Crippen LogP contribution in [0.4, 0.5) is 10.5 Å². The third-order valence-electron chi connectivity index (χ3n) is 6.82. The highest BCUT2D eigenvalue weighted by molar-refractivity contribution is 6.32. The van der Waals surface area contributed by atoms with Gasteiger partial charge in [0.1, 0.15) is 5.75 Å². The maximum Gasteiger partial charge on any atom is 0.322 e. The molecule has 1 saturated heterocycles. The van der Waals surface area contributed by atoms with Gasteiger partial charge in [0.2, 0.25) is 5.91 Å². The van der Waals surface area contributed by atoms with Crippen LogP contribution in [0.2, 0.25) is 5.02 Å². The molecule has 0 unspecified atom stereocenters. The molecule has 3 amide bonds. The van der Waals surface area contributed by atoms with Crippen LogP contribution in [0.5, 0.6) is 5.75 Å². The van der Waals surface area contributed by atoms with Gasteiger partial charge in [0.05, 0.1) is 5.02 Å². The first-order valence-corrected chi connectivity index (χ1v) is 12.1. The fourth-order valence-electron chi connectivity index (χ4n) is 4.99. The van der Waals surface area contributed by atoms with Crippen LogP contribution in [0.3, 0.4) is 0 Å². The molecule has 2 N–H and O–H groups in total. The van der Waals surface area contributed by atoms with Crippen molar-refractivity contribution in [3.63, 3.8) is 0 Å². The van der Waals surface area contributed by atoms with Crippen LogP contribution in [0.15, 0.2) is 36.4 Å². The minimum absolute atomic E-state index is 0.0406. The van der Waals surface area contributed by atoms with Crippen LogP contribution in [-0.4, -0.2) is 52.5 Å². The van der Waals surface area contributed by atoms with Gasteiger partial charge in [-0.15, -0.1) is 0 Å². The molecule has 2 aliphatic heterocycles. The molecule has 2 heterocycles. The van der Waals surface area contributed by atoms with Crippen LogP contribution < -0.4 is 5.32 Å². The zero-order valence-electron chi connectivity index (χ0n) is 19.3. The van der Waals surface area contributed by atoms with Crippen molar-refractivity contribution in [1.29, 1.82) is 0 Å².